The number of hydrogen-bond donors (Lipinski definition) is 0. The van der Waals surface area contributed by atoms with Crippen LogP contribution in [0.15, 0.2) is 12.3 Å². The molecule has 2 heteroatoms. The molecule has 0 aromatic carbocycles. The van der Waals surface area contributed by atoms with Gasteiger partial charge in [0.1, 0.15) is 0 Å². The highest BCUT2D eigenvalue weighted by Crippen LogP contribution is 1.24. The third-order valence-electron chi connectivity index (χ3n) is 0. The summed E-state index contributed by atoms with van der Waals surface area (Å²) in [6, 6.07) is 0. The molecule has 0 unspecified atom stereocenters. The second-order valence-corrected chi connectivity index (χ2v) is 1.22. The molecule has 0 bridgehead atoms. The second-order valence-electron chi connectivity index (χ2n) is 0.408. The molecule has 0 aliphatic heterocycles. The van der Waals surface area contributed by atoms with Crippen molar-refractivity contribution in [2.24, 2.45) is 0 Å². The van der Waals surface area contributed by atoms with Crippen molar-refractivity contribution in [1.82, 2.24) is 0 Å². The van der Waals surface area contributed by atoms with Crippen molar-refractivity contribution >= 4 is 10.2 Å². The van der Waals surface area contributed by atoms with Crippen molar-refractivity contribution in [3.8, 4) is 0 Å². The zero-order valence-corrected chi connectivity index (χ0v) is 4.69. The molecule has 0 aliphatic carbocycles. The van der Waals surface area contributed by atoms with E-state index in [-0.39, 0.29) is 12.1 Å². The van der Waals surface area contributed by atoms with Gasteiger partial charge in [0, 0.05) is 10.2 Å². The van der Waals surface area contributed by atoms with Crippen molar-refractivity contribution in [2.75, 3.05) is 0 Å². The normalized spacial score (nSPS) is 3.20. The molecule has 0 rings (SSSR count). The molecule has 5 heavy (non-hydrogen) atoms. The van der Waals surface area contributed by atoms with E-state index < -0.39 is 0 Å². The van der Waals surface area contributed by atoms with Crippen LogP contribution < -0.4 is 0 Å². The molecule has 0 spiro atoms. The summed E-state index contributed by atoms with van der Waals surface area (Å²) >= 11 is 0. The third-order valence-corrected chi connectivity index (χ3v) is 0. The first-order chi connectivity index (χ1) is 1.41. The molecule has 0 radical (unpaired) electrons. The van der Waals surface area contributed by atoms with E-state index in [0.717, 1.165) is 10.2 Å². The fourth-order valence-corrected chi connectivity index (χ4v) is 0. The lowest BCUT2D eigenvalue weighted by Gasteiger charge is -1.29. The highest BCUT2D eigenvalue weighted by atomic mass is 28.1. The minimum atomic E-state index is 0. The summed E-state index contributed by atoms with van der Waals surface area (Å²) < 4.78 is 0. The second kappa shape index (κ2) is 41.2. The molecule has 0 heterocycles. The molecule has 0 nitrogen and oxygen atoms in total. The monoisotopic (exact) mass is 94.1 g/mol. The zero-order chi connectivity index (χ0) is 2.71. The van der Waals surface area contributed by atoms with Crippen LogP contribution in [0.4, 0.5) is 4.70 Å². The van der Waals surface area contributed by atoms with Crippen LogP contribution in [0, 0.1) is 0 Å². The van der Waals surface area contributed by atoms with Gasteiger partial charge in [-0.25, -0.2) is 0 Å². The van der Waals surface area contributed by atoms with Crippen molar-refractivity contribution in [2.45, 2.75) is 7.43 Å². The molecule has 0 saturated heterocycles. The molecule has 0 aromatic heterocycles. The molecule has 0 atom stereocenters. The van der Waals surface area contributed by atoms with Crippen LogP contribution in [0.5, 0.6) is 0 Å². The molecule has 0 N–H and O–H groups in total. The smallest absolute Gasteiger partial charge is 0.0283 e. The van der Waals surface area contributed by atoms with Crippen molar-refractivity contribution in [3.63, 3.8) is 0 Å². The number of rotatable bonds is 0. The number of halogens is 1. The Bertz CT molecular complexity index is 14.4. The summed E-state index contributed by atoms with van der Waals surface area (Å²) in [5.41, 5.74) is 1.89. The van der Waals surface area contributed by atoms with Crippen LogP contribution in [0.1, 0.15) is 7.43 Å². The predicted octanol–water partition coefficient (Wildman–Crippen LogP) is 0.284. The summed E-state index contributed by atoms with van der Waals surface area (Å²) in [5, 5.41) is 0. The van der Waals surface area contributed by atoms with Gasteiger partial charge in [-0.15, -0.1) is 12.3 Å². The van der Waals surface area contributed by atoms with Crippen LogP contribution in [0.25, 0.3) is 0 Å². The highest BCUT2D eigenvalue weighted by molar-refractivity contribution is 6.16. The molecule has 0 amide bonds. The van der Waals surface area contributed by atoms with E-state index in [0.29, 0.717) is 0 Å². The largest absolute Gasteiger partial charge is 0.269 e. The van der Waals surface area contributed by atoms with Gasteiger partial charge in [0.15, 0.2) is 0 Å². The summed E-state index contributed by atoms with van der Waals surface area (Å²) in [6.45, 7) is 3.42. The van der Waals surface area contributed by atoms with Crippen molar-refractivity contribution in [1.29, 1.82) is 0 Å². The Morgan fingerprint density at radius 1 is 1.60 bits per heavy atom. The SMILES string of the molecule is C.C=C[SiH3].F. The summed E-state index contributed by atoms with van der Waals surface area (Å²) in [4.78, 5) is 0. The lowest BCUT2D eigenvalue weighted by atomic mass is 11.3. The molecular weight excluding hydrogens is 83.1 g/mol. The van der Waals surface area contributed by atoms with Crippen LogP contribution in [-0.4, -0.2) is 10.2 Å². The van der Waals surface area contributed by atoms with Gasteiger partial charge in [0.2, 0.25) is 0 Å². The summed E-state index contributed by atoms with van der Waals surface area (Å²) in [7, 11) is 1.13. The Kier molecular flexibility index (Phi) is 171. The standard InChI is InChI=1S/C2H6Si.CH4.FH/c1-2-3;;/h2H,1H2,3H3;1H4;1H. The fraction of sp³-hybridized carbons (Fsp3) is 0.333. The van der Waals surface area contributed by atoms with E-state index in [4.69, 9.17) is 0 Å². The van der Waals surface area contributed by atoms with Gasteiger partial charge in [-0.3, -0.25) is 4.70 Å². The highest BCUT2D eigenvalue weighted by Gasteiger charge is 1.16. The van der Waals surface area contributed by atoms with E-state index in [1.165, 1.54) is 0 Å². The molecule has 0 aliphatic rings. The minimum absolute atomic E-state index is 0. The molecule has 34 valence electrons. The third kappa shape index (κ3) is 1080. The maximum Gasteiger partial charge on any atom is 0.0283 e. The van der Waals surface area contributed by atoms with Crippen LogP contribution in [-0.2, 0) is 0 Å². The minimum Gasteiger partial charge on any atom is -0.269 e. The maximum absolute atomic E-state index is 3.42. The zero-order valence-electron chi connectivity index (χ0n) is 2.69. The van der Waals surface area contributed by atoms with Crippen LogP contribution >= 0.6 is 0 Å². The molecular formula is C3H11FSi. The summed E-state index contributed by atoms with van der Waals surface area (Å²) in [5.74, 6) is 0. The fourth-order valence-electron chi connectivity index (χ4n) is 0. The Morgan fingerprint density at radius 2 is 1.60 bits per heavy atom. The maximum atomic E-state index is 3.42. The Morgan fingerprint density at radius 3 is 1.60 bits per heavy atom. The topological polar surface area (TPSA) is 0 Å². The van der Waals surface area contributed by atoms with Gasteiger partial charge in [0.25, 0.3) is 0 Å². The predicted molar refractivity (Wildman–Crippen MR) is 29.4 cm³/mol. The Balaban J connectivity index is -0.0000000200. The van der Waals surface area contributed by atoms with Gasteiger partial charge >= 0.3 is 0 Å². The lowest BCUT2D eigenvalue weighted by molar-refractivity contribution is 1.11. The Hall–Kier alpha value is -0.113. The first kappa shape index (κ1) is 20.7. The van der Waals surface area contributed by atoms with E-state index in [1.807, 2.05) is 5.70 Å². The quantitative estimate of drug-likeness (QED) is 0.378. The Labute approximate surface area is 35.7 Å². The van der Waals surface area contributed by atoms with Crippen molar-refractivity contribution < 1.29 is 4.70 Å². The van der Waals surface area contributed by atoms with Crippen molar-refractivity contribution in [3.05, 3.63) is 12.3 Å². The first-order valence-electron chi connectivity index (χ1n) is 0.986. The van der Waals surface area contributed by atoms with E-state index >= 15 is 0 Å². The average Bonchev–Trinajstić information content (AvgIpc) is 0.918. The first-order valence-corrected chi connectivity index (χ1v) is 2.14. The number of hydrogen-bond acceptors (Lipinski definition) is 0. The van der Waals surface area contributed by atoms with Crippen LogP contribution in [0.2, 0.25) is 0 Å². The molecule has 0 fully saturated rings. The molecule has 0 aromatic rings. The van der Waals surface area contributed by atoms with Gasteiger partial charge in [-0.05, 0) is 0 Å². The van der Waals surface area contributed by atoms with Gasteiger partial charge in [-0.2, -0.15) is 0 Å². The van der Waals surface area contributed by atoms with Gasteiger partial charge in [0.05, 0.1) is 0 Å². The van der Waals surface area contributed by atoms with Crippen LogP contribution in [0.3, 0.4) is 0 Å². The van der Waals surface area contributed by atoms with E-state index in [1.54, 1.807) is 0 Å². The van der Waals surface area contributed by atoms with E-state index in [9.17, 15) is 0 Å². The molecule has 0 saturated carbocycles. The summed E-state index contributed by atoms with van der Waals surface area (Å²) in [6.07, 6.45) is 0. The van der Waals surface area contributed by atoms with Gasteiger partial charge < -0.3 is 0 Å². The average molecular weight is 94.2 g/mol. The van der Waals surface area contributed by atoms with Gasteiger partial charge in [-0.1, -0.05) is 7.43 Å². The lowest BCUT2D eigenvalue weighted by Crippen LogP contribution is -1.29. The van der Waals surface area contributed by atoms with E-state index in [2.05, 4.69) is 6.58 Å².